The van der Waals surface area contributed by atoms with Crippen molar-refractivity contribution in [3.05, 3.63) is 180 Å². The second kappa shape index (κ2) is 15.3. The molecule has 1 aliphatic carbocycles. The molecule has 7 aromatic rings. The Kier molecular flexibility index (Phi) is 8.83. The van der Waals surface area contributed by atoms with Gasteiger partial charge in [0, 0.05) is 38.0 Å². The van der Waals surface area contributed by atoms with E-state index in [1.807, 2.05) is 61.7 Å². The van der Waals surface area contributed by atoms with Crippen molar-refractivity contribution in [3.63, 3.8) is 0 Å². The van der Waals surface area contributed by atoms with Gasteiger partial charge in [-0.25, -0.2) is 0 Å². The molecule has 2 nitrogen and oxygen atoms in total. The first kappa shape index (κ1) is 28.8. The van der Waals surface area contributed by atoms with Crippen molar-refractivity contribution in [1.29, 1.82) is 0 Å². The van der Waals surface area contributed by atoms with E-state index in [9.17, 15) is 0 Å². The molecule has 3 heteroatoms. The van der Waals surface area contributed by atoms with Crippen molar-refractivity contribution in [2.24, 2.45) is 0 Å². The van der Waals surface area contributed by atoms with Gasteiger partial charge in [-0.1, -0.05) is 102 Å². The molecule has 247 valence electrons. The maximum absolute atomic E-state index is 9.17. The molecule has 0 aliphatic heterocycles. The van der Waals surface area contributed by atoms with E-state index in [1.54, 1.807) is 30.5 Å². The van der Waals surface area contributed by atoms with Crippen molar-refractivity contribution in [2.45, 2.75) is 45.4 Å². The Labute approximate surface area is 315 Å². The van der Waals surface area contributed by atoms with E-state index in [2.05, 4.69) is 65.6 Å². The molecular weight excluding hydrogens is 785 g/mol. The number of pyridine rings is 2. The van der Waals surface area contributed by atoms with Crippen LogP contribution in [0.15, 0.2) is 140 Å². The van der Waals surface area contributed by atoms with Crippen molar-refractivity contribution in [3.8, 4) is 55.9 Å². The molecule has 1 aliphatic rings. The Bertz CT molecular complexity index is 2410. The molecule has 0 N–H and O–H groups in total. The molecule has 0 amide bonds. The van der Waals surface area contributed by atoms with Crippen LogP contribution >= 0.6 is 0 Å². The van der Waals surface area contributed by atoms with Gasteiger partial charge in [0.15, 0.2) is 0 Å². The van der Waals surface area contributed by atoms with E-state index in [0.29, 0.717) is 0 Å². The first-order valence-corrected chi connectivity index (χ1v) is 16.9. The summed E-state index contributed by atoms with van der Waals surface area (Å²) in [5, 5.41) is 0. The molecule has 0 fully saturated rings. The van der Waals surface area contributed by atoms with E-state index in [1.165, 1.54) is 42.0 Å². The van der Waals surface area contributed by atoms with Gasteiger partial charge in [0.1, 0.15) is 0 Å². The Balaban J connectivity index is 0.00000450. The predicted octanol–water partition coefficient (Wildman–Crippen LogP) is 11.4. The summed E-state index contributed by atoms with van der Waals surface area (Å²) < 4.78 is 36.4. The molecule has 8 rings (SSSR count). The second-order valence-electron chi connectivity index (χ2n) is 12.7. The Morgan fingerprint density at radius 3 is 2.04 bits per heavy atom. The predicted molar refractivity (Wildman–Crippen MR) is 202 cm³/mol. The van der Waals surface area contributed by atoms with Gasteiger partial charge in [-0.3, -0.25) is 0 Å². The topological polar surface area (TPSA) is 25.8 Å². The standard InChI is InChI=1S/C47H38N2.Ir/c1-33-28-35(14-13-34-15-17-38(18-16-34)46-12-6-7-26-48-46)30-43(29-33)45-11-5-4-10-44(45)37-20-22-39(23-21-37)47-32-42(25-27-49-47)41-24-19-36-8-2-3-9-40(36)31-41;/h4-7,10-12,15-17,19-22,24-32H,2-3,8-9,13-14H2,1H3;/q-2;/i13D2,14D2;. The first-order chi connectivity index (χ1) is 25.7. The van der Waals surface area contributed by atoms with Crippen LogP contribution in [0.4, 0.5) is 0 Å². The van der Waals surface area contributed by atoms with E-state index in [0.717, 1.165) is 62.3 Å². The summed E-state index contributed by atoms with van der Waals surface area (Å²) >= 11 is 0. The van der Waals surface area contributed by atoms with Crippen LogP contribution in [0.3, 0.4) is 0 Å². The number of benzene rings is 5. The summed E-state index contributed by atoms with van der Waals surface area (Å²) in [4.78, 5) is 9.04. The molecule has 0 saturated carbocycles. The molecule has 5 aromatic carbocycles. The van der Waals surface area contributed by atoms with Gasteiger partial charge in [-0.2, -0.15) is 0 Å². The number of nitrogens with zero attached hydrogens (tertiary/aromatic N) is 2. The molecule has 2 aromatic heterocycles. The quantitative estimate of drug-likeness (QED) is 0.143. The molecule has 2 heterocycles. The number of fused-ring (bicyclic) bond motifs is 1. The summed E-state index contributed by atoms with van der Waals surface area (Å²) in [6.07, 6.45) is 3.71. The van der Waals surface area contributed by atoms with Crippen LogP contribution in [0.2, 0.25) is 0 Å². The van der Waals surface area contributed by atoms with E-state index >= 15 is 0 Å². The Morgan fingerprint density at radius 2 is 1.26 bits per heavy atom. The second-order valence-corrected chi connectivity index (χ2v) is 12.7. The van der Waals surface area contributed by atoms with Crippen molar-refractivity contribution in [2.75, 3.05) is 0 Å². The van der Waals surface area contributed by atoms with Gasteiger partial charge in [-0.15, -0.1) is 65.2 Å². The van der Waals surface area contributed by atoms with Crippen LogP contribution in [0.5, 0.6) is 0 Å². The SMILES string of the molecule is [2H]C([2H])(c1c[c-]c(-c2ccccn2)cc1)C([2H])([2H])c1cc(C)cc(-c2ccccc2-c2c[c-]c(-c3cc(-c4ccc5c(c4)CCCC5)ccn3)cc2)c1.[Ir]. The van der Waals surface area contributed by atoms with Crippen molar-refractivity contribution in [1.82, 2.24) is 9.97 Å². The van der Waals surface area contributed by atoms with Gasteiger partial charge < -0.3 is 9.97 Å². The van der Waals surface area contributed by atoms with Crippen LogP contribution < -0.4 is 0 Å². The molecule has 0 bridgehead atoms. The minimum Gasteiger partial charge on any atom is -0.305 e. The van der Waals surface area contributed by atoms with Crippen LogP contribution in [-0.2, 0) is 45.7 Å². The average molecular weight is 827 g/mol. The zero-order chi connectivity index (χ0) is 36.6. The normalized spacial score (nSPS) is 13.9. The molecule has 0 atom stereocenters. The maximum Gasteiger partial charge on any atom is 0.0311 e. The number of hydrogen-bond acceptors (Lipinski definition) is 2. The summed E-state index contributed by atoms with van der Waals surface area (Å²) in [6, 6.07) is 47.9. The van der Waals surface area contributed by atoms with E-state index in [-0.39, 0.29) is 31.2 Å². The zero-order valence-electron chi connectivity index (χ0n) is 31.8. The number of aryl methyl sites for hydroxylation is 5. The van der Waals surface area contributed by atoms with Crippen molar-refractivity contribution < 1.29 is 25.6 Å². The van der Waals surface area contributed by atoms with Gasteiger partial charge in [0.05, 0.1) is 0 Å². The largest absolute Gasteiger partial charge is 0.305 e. The fraction of sp³-hybridized carbons (Fsp3) is 0.149. The van der Waals surface area contributed by atoms with Crippen molar-refractivity contribution >= 4 is 0 Å². The third kappa shape index (κ3) is 7.45. The summed E-state index contributed by atoms with van der Waals surface area (Å²) in [7, 11) is 0. The fourth-order valence-corrected chi connectivity index (χ4v) is 6.75. The molecule has 50 heavy (non-hydrogen) atoms. The molecule has 0 spiro atoms. The summed E-state index contributed by atoms with van der Waals surface area (Å²) in [6.45, 7) is 1.92. The minimum atomic E-state index is -2.35. The van der Waals surface area contributed by atoms with Gasteiger partial charge in [-0.05, 0) is 101 Å². The molecular formula is C47H38IrN2-2. The minimum absolute atomic E-state index is 0. The monoisotopic (exact) mass is 827 g/mol. The fourth-order valence-electron chi connectivity index (χ4n) is 6.75. The molecule has 0 unspecified atom stereocenters. The third-order valence-electron chi connectivity index (χ3n) is 9.26. The average Bonchev–Trinajstić information content (AvgIpc) is 3.21. The van der Waals surface area contributed by atoms with Crippen LogP contribution in [0, 0.1) is 19.1 Å². The number of aromatic nitrogens is 2. The Morgan fingerprint density at radius 1 is 0.560 bits per heavy atom. The van der Waals surface area contributed by atoms with Gasteiger partial charge >= 0.3 is 0 Å². The number of rotatable bonds is 8. The van der Waals surface area contributed by atoms with Crippen LogP contribution in [0.1, 0.15) is 46.1 Å². The maximum atomic E-state index is 9.17. The summed E-state index contributed by atoms with van der Waals surface area (Å²) in [5.74, 6) is 0. The number of hydrogen-bond donors (Lipinski definition) is 0. The Hall–Kier alpha value is -4.95. The summed E-state index contributed by atoms with van der Waals surface area (Å²) in [5.41, 5.74) is 13.5. The van der Waals surface area contributed by atoms with Gasteiger partial charge in [0.25, 0.3) is 0 Å². The zero-order valence-corrected chi connectivity index (χ0v) is 30.2. The van der Waals surface area contributed by atoms with E-state index in [4.69, 9.17) is 10.5 Å². The van der Waals surface area contributed by atoms with Crippen LogP contribution in [0.25, 0.3) is 55.9 Å². The first-order valence-electron chi connectivity index (χ1n) is 18.9. The smallest absolute Gasteiger partial charge is 0.0311 e. The molecule has 1 radical (unpaired) electrons. The van der Waals surface area contributed by atoms with Crippen LogP contribution in [-0.4, -0.2) is 9.97 Å². The molecule has 0 saturated heterocycles. The van der Waals surface area contributed by atoms with E-state index < -0.39 is 12.7 Å². The third-order valence-corrected chi connectivity index (χ3v) is 9.26. The van der Waals surface area contributed by atoms with Gasteiger partial charge in [0.2, 0.25) is 0 Å².